The van der Waals surface area contributed by atoms with Crippen molar-refractivity contribution in [2.75, 3.05) is 11.1 Å². The number of hydrogen-bond acceptors (Lipinski definition) is 5. The molecule has 0 fully saturated rings. The molecule has 24 heavy (non-hydrogen) atoms. The number of fused-ring (bicyclic) bond motifs is 1. The third kappa shape index (κ3) is 3.52. The summed E-state index contributed by atoms with van der Waals surface area (Å²) in [6.45, 7) is 0. The maximum absolute atomic E-state index is 12.0. The highest BCUT2D eigenvalue weighted by Crippen LogP contribution is 2.32. The lowest BCUT2D eigenvalue weighted by Crippen LogP contribution is -2.13. The van der Waals surface area contributed by atoms with E-state index < -0.39 is 4.92 Å². The van der Waals surface area contributed by atoms with Crippen molar-refractivity contribution in [2.24, 2.45) is 0 Å². The molecular formula is C17H13N3O3S. The number of thioether (sulfide) groups is 1. The molecule has 2 aromatic carbocycles. The minimum atomic E-state index is -0.430. The van der Waals surface area contributed by atoms with E-state index in [4.69, 9.17) is 0 Å². The summed E-state index contributed by atoms with van der Waals surface area (Å²) in [7, 11) is 0. The molecule has 3 rings (SSSR count). The lowest BCUT2D eigenvalue weighted by Gasteiger charge is -2.07. The molecule has 0 aliphatic heterocycles. The van der Waals surface area contributed by atoms with Gasteiger partial charge in [0.05, 0.1) is 21.6 Å². The summed E-state index contributed by atoms with van der Waals surface area (Å²) in [4.78, 5) is 27.7. The Hall–Kier alpha value is -2.93. The summed E-state index contributed by atoms with van der Waals surface area (Å²) in [6.07, 6.45) is 1.58. The number of nitrogens with zero attached hydrogens (tertiary/aromatic N) is 2. The SMILES string of the molecule is O=C(CSc1ccc([N+](=O)[O-])c2cccnc12)Nc1ccccc1. The molecule has 1 aromatic heterocycles. The number of amides is 1. The van der Waals surface area contributed by atoms with Gasteiger partial charge in [-0.1, -0.05) is 18.2 Å². The van der Waals surface area contributed by atoms with Gasteiger partial charge in [0.2, 0.25) is 5.91 Å². The van der Waals surface area contributed by atoms with Gasteiger partial charge in [-0.2, -0.15) is 0 Å². The number of pyridine rings is 1. The summed E-state index contributed by atoms with van der Waals surface area (Å²) in [5.41, 5.74) is 1.27. The van der Waals surface area contributed by atoms with Crippen LogP contribution in [0.15, 0.2) is 65.7 Å². The average molecular weight is 339 g/mol. The van der Waals surface area contributed by atoms with Gasteiger partial charge in [0.15, 0.2) is 0 Å². The van der Waals surface area contributed by atoms with Crippen LogP contribution in [0.1, 0.15) is 0 Å². The number of nitro groups is 1. The van der Waals surface area contributed by atoms with E-state index in [2.05, 4.69) is 10.3 Å². The van der Waals surface area contributed by atoms with E-state index in [1.165, 1.54) is 17.8 Å². The first kappa shape index (κ1) is 15.9. The molecule has 7 heteroatoms. The molecule has 3 aromatic rings. The Morgan fingerprint density at radius 2 is 1.92 bits per heavy atom. The molecular weight excluding hydrogens is 326 g/mol. The average Bonchev–Trinajstić information content (AvgIpc) is 2.60. The zero-order valence-electron chi connectivity index (χ0n) is 12.5. The van der Waals surface area contributed by atoms with Gasteiger partial charge in [-0.05, 0) is 30.3 Å². The number of carbonyl (C=O) groups excluding carboxylic acids is 1. The van der Waals surface area contributed by atoms with E-state index in [1.807, 2.05) is 30.3 Å². The second-order valence-electron chi connectivity index (χ2n) is 4.94. The van der Waals surface area contributed by atoms with Gasteiger partial charge in [0, 0.05) is 22.8 Å². The van der Waals surface area contributed by atoms with E-state index in [0.29, 0.717) is 10.9 Å². The quantitative estimate of drug-likeness (QED) is 0.433. The minimum absolute atomic E-state index is 0.0104. The molecule has 1 amide bonds. The van der Waals surface area contributed by atoms with Crippen molar-refractivity contribution in [3.8, 4) is 0 Å². The predicted molar refractivity (Wildman–Crippen MR) is 94.2 cm³/mol. The molecule has 0 unspecified atom stereocenters. The summed E-state index contributed by atoms with van der Waals surface area (Å²) < 4.78 is 0. The van der Waals surface area contributed by atoms with Gasteiger partial charge >= 0.3 is 0 Å². The topological polar surface area (TPSA) is 85.1 Å². The van der Waals surface area contributed by atoms with E-state index in [1.54, 1.807) is 24.4 Å². The smallest absolute Gasteiger partial charge is 0.278 e. The number of non-ortho nitro benzene ring substituents is 1. The van der Waals surface area contributed by atoms with E-state index in [-0.39, 0.29) is 17.3 Å². The largest absolute Gasteiger partial charge is 0.325 e. The van der Waals surface area contributed by atoms with Gasteiger partial charge in [-0.3, -0.25) is 19.9 Å². The van der Waals surface area contributed by atoms with Crippen LogP contribution in [0.4, 0.5) is 11.4 Å². The van der Waals surface area contributed by atoms with Gasteiger partial charge in [-0.25, -0.2) is 0 Å². The van der Waals surface area contributed by atoms with Crippen molar-refractivity contribution in [3.05, 3.63) is 70.9 Å². The van der Waals surface area contributed by atoms with Crippen LogP contribution >= 0.6 is 11.8 Å². The standard InChI is InChI=1S/C17H13N3O3S/c21-16(19-12-5-2-1-3-6-12)11-24-15-9-8-14(20(22)23)13-7-4-10-18-17(13)15/h1-10H,11H2,(H,19,21). The Morgan fingerprint density at radius 1 is 1.12 bits per heavy atom. The highest BCUT2D eigenvalue weighted by atomic mass is 32.2. The highest BCUT2D eigenvalue weighted by Gasteiger charge is 2.15. The van der Waals surface area contributed by atoms with Crippen LogP contribution < -0.4 is 5.32 Å². The zero-order chi connectivity index (χ0) is 16.9. The van der Waals surface area contributed by atoms with Crippen LogP contribution in [-0.2, 0) is 4.79 Å². The number of aromatic nitrogens is 1. The van der Waals surface area contributed by atoms with Crippen LogP contribution in [0.2, 0.25) is 0 Å². The minimum Gasteiger partial charge on any atom is -0.325 e. The van der Waals surface area contributed by atoms with Gasteiger partial charge in [0.25, 0.3) is 5.69 Å². The molecule has 0 aliphatic rings. The molecule has 120 valence electrons. The number of benzene rings is 2. The summed E-state index contributed by atoms with van der Waals surface area (Å²) in [5, 5.41) is 14.4. The van der Waals surface area contributed by atoms with E-state index in [9.17, 15) is 14.9 Å². The Morgan fingerprint density at radius 3 is 2.67 bits per heavy atom. The maximum atomic E-state index is 12.0. The second kappa shape index (κ2) is 7.10. The van der Waals surface area contributed by atoms with Gasteiger partial charge < -0.3 is 5.32 Å². The first-order valence-corrected chi connectivity index (χ1v) is 8.13. The first-order chi connectivity index (χ1) is 11.6. The van der Waals surface area contributed by atoms with Crippen LogP contribution in [0.3, 0.4) is 0 Å². The number of rotatable bonds is 5. The zero-order valence-corrected chi connectivity index (χ0v) is 13.3. The molecule has 6 nitrogen and oxygen atoms in total. The van der Waals surface area contributed by atoms with Crippen LogP contribution in [0.5, 0.6) is 0 Å². The first-order valence-electron chi connectivity index (χ1n) is 7.15. The monoisotopic (exact) mass is 339 g/mol. The third-order valence-electron chi connectivity index (χ3n) is 3.32. The number of anilines is 1. The molecule has 1 N–H and O–H groups in total. The molecule has 0 bridgehead atoms. The Kier molecular flexibility index (Phi) is 4.72. The molecule has 0 saturated heterocycles. The van der Waals surface area contributed by atoms with Crippen molar-refractivity contribution in [3.63, 3.8) is 0 Å². The van der Waals surface area contributed by atoms with Crippen LogP contribution in [0, 0.1) is 10.1 Å². The van der Waals surface area contributed by atoms with Crippen molar-refractivity contribution in [2.45, 2.75) is 4.90 Å². The number of carbonyl (C=O) groups is 1. The normalized spacial score (nSPS) is 10.5. The molecule has 1 heterocycles. The lowest BCUT2D eigenvalue weighted by molar-refractivity contribution is -0.383. The fraction of sp³-hybridized carbons (Fsp3) is 0.0588. The molecule has 0 radical (unpaired) electrons. The van der Waals surface area contributed by atoms with E-state index in [0.717, 1.165) is 10.6 Å². The number of nitro benzene ring substituents is 1. The van der Waals surface area contributed by atoms with Crippen LogP contribution in [0.25, 0.3) is 10.9 Å². The fourth-order valence-corrected chi connectivity index (χ4v) is 3.09. The fourth-order valence-electron chi connectivity index (χ4n) is 2.27. The van der Waals surface area contributed by atoms with Crippen LogP contribution in [-0.4, -0.2) is 21.6 Å². The van der Waals surface area contributed by atoms with Crippen molar-refractivity contribution in [1.82, 2.24) is 4.98 Å². The maximum Gasteiger partial charge on any atom is 0.278 e. The molecule has 0 spiro atoms. The highest BCUT2D eigenvalue weighted by molar-refractivity contribution is 8.00. The van der Waals surface area contributed by atoms with Crippen molar-refractivity contribution >= 4 is 39.9 Å². The Bertz CT molecular complexity index is 900. The second-order valence-corrected chi connectivity index (χ2v) is 5.96. The van der Waals surface area contributed by atoms with Gasteiger partial charge in [-0.15, -0.1) is 11.8 Å². The summed E-state index contributed by atoms with van der Waals surface area (Å²) in [6, 6.07) is 15.6. The van der Waals surface area contributed by atoms with Crippen molar-refractivity contribution < 1.29 is 9.72 Å². The Balaban J connectivity index is 1.77. The summed E-state index contributed by atoms with van der Waals surface area (Å²) in [5.74, 6) is 0.0481. The Labute approximate surface area is 142 Å². The predicted octanol–water partition coefficient (Wildman–Crippen LogP) is 3.87. The lowest BCUT2D eigenvalue weighted by atomic mass is 10.2. The molecule has 0 saturated carbocycles. The number of hydrogen-bond donors (Lipinski definition) is 1. The molecule has 0 atom stereocenters. The number of para-hydroxylation sites is 1. The molecule has 0 aliphatic carbocycles. The van der Waals surface area contributed by atoms with Crippen molar-refractivity contribution in [1.29, 1.82) is 0 Å². The number of nitrogens with one attached hydrogen (secondary N) is 1. The van der Waals surface area contributed by atoms with E-state index >= 15 is 0 Å². The third-order valence-corrected chi connectivity index (χ3v) is 4.37. The van der Waals surface area contributed by atoms with Gasteiger partial charge in [0.1, 0.15) is 0 Å². The summed E-state index contributed by atoms with van der Waals surface area (Å²) >= 11 is 1.30.